The van der Waals surface area contributed by atoms with Gasteiger partial charge in [0.15, 0.2) is 0 Å². The third-order valence-electron chi connectivity index (χ3n) is 5.26. The molecule has 0 atom stereocenters. The largest absolute Gasteiger partial charge is 0.478 e. The van der Waals surface area contributed by atoms with Crippen molar-refractivity contribution in [1.82, 2.24) is 5.32 Å². The number of aromatic carboxylic acids is 1. The molecule has 1 saturated carbocycles. The van der Waals surface area contributed by atoms with Gasteiger partial charge in [0.2, 0.25) is 0 Å². The highest BCUT2D eigenvalue weighted by atomic mass is 35.5. The standard InChI is InChI=1S/C20H23ClN2O3/c1-2-12-11-17(23-18(12)21)19(24)22-16-8-6-13(7-9-16)14-4-3-5-15(10-14)20(25)26/h3-5,10,13,16H,2,6-9,11H2,1H3,(H,22,24)(H,25,26). The van der Waals surface area contributed by atoms with E-state index in [1.807, 2.05) is 13.0 Å². The van der Waals surface area contributed by atoms with Crippen LogP contribution in [0.4, 0.5) is 0 Å². The Kier molecular flexibility index (Phi) is 5.77. The predicted octanol–water partition coefficient (Wildman–Crippen LogP) is 4.23. The van der Waals surface area contributed by atoms with Crippen molar-refractivity contribution in [2.75, 3.05) is 0 Å². The Morgan fingerprint density at radius 3 is 2.62 bits per heavy atom. The Hall–Kier alpha value is -2.14. The molecule has 1 heterocycles. The van der Waals surface area contributed by atoms with Crippen LogP contribution in [-0.4, -0.2) is 28.7 Å². The highest BCUT2D eigenvalue weighted by molar-refractivity contribution is 6.43. The van der Waals surface area contributed by atoms with Crippen molar-refractivity contribution >= 4 is 29.2 Å². The van der Waals surface area contributed by atoms with E-state index in [0.717, 1.165) is 43.2 Å². The molecule has 1 aliphatic heterocycles. The molecule has 0 bridgehead atoms. The monoisotopic (exact) mass is 374 g/mol. The van der Waals surface area contributed by atoms with Gasteiger partial charge in [-0.1, -0.05) is 30.7 Å². The van der Waals surface area contributed by atoms with Crippen molar-refractivity contribution < 1.29 is 14.7 Å². The van der Waals surface area contributed by atoms with E-state index in [2.05, 4.69) is 10.3 Å². The maximum Gasteiger partial charge on any atom is 0.335 e. The summed E-state index contributed by atoms with van der Waals surface area (Å²) in [5.41, 5.74) is 2.91. The number of rotatable bonds is 5. The first-order valence-corrected chi connectivity index (χ1v) is 9.45. The summed E-state index contributed by atoms with van der Waals surface area (Å²) in [5.74, 6) is -0.680. The zero-order chi connectivity index (χ0) is 18.7. The molecule has 26 heavy (non-hydrogen) atoms. The molecule has 0 saturated heterocycles. The van der Waals surface area contributed by atoms with Gasteiger partial charge in [-0.05, 0) is 61.3 Å². The van der Waals surface area contributed by atoms with Gasteiger partial charge in [-0.2, -0.15) is 0 Å². The van der Waals surface area contributed by atoms with Crippen molar-refractivity contribution in [3.63, 3.8) is 0 Å². The summed E-state index contributed by atoms with van der Waals surface area (Å²) in [7, 11) is 0. The number of carboxylic acid groups (broad SMARTS) is 1. The third kappa shape index (κ3) is 4.15. The number of halogens is 1. The van der Waals surface area contributed by atoms with Gasteiger partial charge >= 0.3 is 5.97 Å². The van der Waals surface area contributed by atoms with Crippen LogP contribution in [0.1, 0.15) is 67.3 Å². The molecule has 5 nitrogen and oxygen atoms in total. The zero-order valence-electron chi connectivity index (χ0n) is 14.8. The summed E-state index contributed by atoms with van der Waals surface area (Å²) in [6, 6.07) is 7.30. The van der Waals surface area contributed by atoms with Gasteiger partial charge < -0.3 is 10.4 Å². The average Bonchev–Trinajstić information content (AvgIpc) is 3.03. The number of hydrogen-bond donors (Lipinski definition) is 2. The molecule has 1 amide bonds. The lowest BCUT2D eigenvalue weighted by Gasteiger charge is -2.29. The van der Waals surface area contributed by atoms with E-state index in [-0.39, 0.29) is 11.9 Å². The number of nitrogens with one attached hydrogen (secondary N) is 1. The number of carbonyl (C=O) groups excluding carboxylic acids is 1. The van der Waals surface area contributed by atoms with E-state index in [1.165, 1.54) is 0 Å². The van der Waals surface area contributed by atoms with Gasteiger partial charge in [-0.15, -0.1) is 0 Å². The minimum atomic E-state index is -0.899. The number of allylic oxidation sites excluding steroid dienone is 1. The fraction of sp³-hybridized carbons (Fsp3) is 0.450. The molecule has 0 aromatic heterocycles. The van der Waals surface area contributed by atoms with E-state index in [4.69, 9.17) is 16.7 Å². The van der Waals surface area contributed by atoms with Crippen LogP contribution in [-0.2, 0) is 4.79 Å². The van der Waals surface area contributed by atoms with Crippen molar-refractivity contribution in [2.24, 2.45) is 4.99 Å². The Bertz CT molecular complexity index is 777. The molecule has 3 rings (SSSR count). The lowest BCUT2D eigenvalue weighted by Crippen LogP contribution is -2.40. The molecule has 0 radical (unpaired) electrons. The van der Waals surface area contributed by atoms with Crippen molar-refractivity contribution in [1.29, 1.82) is 0 Å². The smallest absolute Gasteiger partial charge is 0.335 e. The summed E-state index contributed by atoms with van der Waals surface area (Å²) in [6.07, 6.45) is 4.96. The van der Waals surface area contributed by atoms with Gasteiger partial charge in [0.05, 0.1) is 5.56 Å². The van der Waals surface area contributed by atoms with Crippen molar-refractivity contribution in [2.45, 2.75) is 57.4 Å². The SMILES string of the molecule is CCC1=C(Cl)N=C(C(=O)NC2CCC(c3cccc(C(=O)O)c3)CC2)C1. The van der Waals surface area contributed by atoms with Gasteiger partial charge in [0.25, 0.3) is 5.91 Å². The molecular formula is C20H23ClN2O3. The van der Waals surface area contributed by atoms with Crippen LogP contribution < -0.4 is 5.32 Å². The third-order valence-corrected chi connectivity index (χ3v) is 5.61. The van der Waals surface area contributed by atoms with Crippen LogP contribution in [0.15, 0.2) is 40.0 Å². The molecule has 2 N–H and O–H groups in total. The average molecular weight is 375 g/mol. The lowest BCUT2D eigenvalue weighted by atomic mass is 9.81. The quantitative estimate of drug-likeness (QED) is 0.757. The van der Waals surface area contributed by atoms with Gasteiger partial charge in [-0.25, -0.2) is 9.79 Å². The van der Waals surface area contributed by atoms with Crippen LogP contribution in [0.5, 0.6) is 0 Å². The highest BCUT2D eigenvalue weighted by Crippen LogP contribution is 2.33. The normalized spacial score (nSPS) is 22.9. The summed E-state index contributed by atoms with van der Waals surface area (Å²) in [5, 5.41) is 12.7. The topological polar surface area (TPSA) is 78.8 Å². The number of aliphatic imine (C=N–C) groups is 1. The molecule has 1 fully saturated rings. The van der Waals surface area contributed by atoms with Crippen LogP contribution >= 0.6 is 11.6 Å². The minimum Gasteiger partial charge on any atom is -0.478 e. The molecule has 0 spiro atoms. The Morgan fingerprint density at radius 1 is 1.27 bits per heavy atom. The Balaban J connectivity index is 1.53. The number of amides is 1. The molecule has 1 aromatic rings. The summed E-state index contributed by atoms with van der Waals surface area (Å²) in [6.45, 7) is 2.01. The molecule has 2 aliphatic rings. The molecule has 138 valence electrons. The van der Waals surface area contributed by atoms with Gasteiger partial charge in [-0.3, -0.25) is 4.79 Å². The molecule has 0 unspecified atom stereocenters. The van der Waals surface area contributed by atoms with E-state index in [9.17, 15) is 9.59 Å². The highest BCUT2D eigenvalue weighted by Gasteiger charge is 2.27. The van der Waals surface area contributed by atoms with Crippen LogP contribution in [0, 0.1) is 0 Å². The molecule has 1 aliphatic carbocycles. The Morgan fingerprint density at radius 2 is 2.00 bits per heavy atom. The van der Waals surface area contributed by atoms with Crippen LogP contribution in [0.2, 0.25) is 0 Å². The van der Waals surface area contributed by atoms with E-state index in [1.54, 1.807) is 18.2 Å². The summed E-state index contributed by atoms with van der Waals surface area (Å²) >= 11 is 6.05. The van der Waals surface area contributed by atoms with E-state index >= 15 is 0 Å². The number of nitrogens with zero attached hydrogens (tertiary/aromatic N) is 1. The second-order valence-electron chi connectivity index (χ2n) is 6.94. The number of carboxylic acids is 1. The number of hydrogen-bond acceptors (Lipinski definition) is 3. The minimum absolute atomic E-state index is 0.122. The van der Waals surface area contributed by atoms with Gasteiger partial charge in [0, 0.05) is 12.5 Å². The second-order valence-corrected chi connectivity index (χ2v) is 7.29. The summed E-state index contributed by atoms with van der Waals surface area (Å²) in [4.78, 5) is 27.7. The van der Waals surface area contributed by atoms with E-state index in [0.29, 0.717) is 28.8 Å². The Labute approximate surface area is 158 Å². The van der Waals surface area contributed by atoms with Gasteiger partial charge in [0.1, 0.15) is 10.9 Å². The fourth-order valence-electron chi connectivity index (χ4n) is 3.68. The van der Waals surface area contributed by atoms with Crippen LogP contribution in [0.25, 0.3) is 0 Å². The number of carbonyl (C=O) groups is 2. The van der Waals surface area contributed by atoms with Crippen molar-refractivity contribution in [3.8, 4) is 0 Å². The maximum absolute atomic E-state index is 12.4. The first-order chi connectivity index (χ1) is 12.5. The first kappa shape index (κ1) is 18.6. The molecular weight excluding hydrogens is 352 g/mol. The first-order valence-electron chi connectivity index (χ1n) is 9.07. The fourth-order valence-corrected chi connectivity index (χ4v) is 3.98. The maximum atomic E-state index is 12.4. The van der Waals surface area contributed by atoms with Crippen LogP contribution in [0.3, 0.4) is 0 Å². The zero-order valence-corrected chi connectivity index (χ0v) is 15.6. The second kappa shape index (κ2) is 8.04. The number of benzene rings is 1. The predicted molar refractivity (Wildman–Crippen MR) is 102 cm³/mol. The molecule has 6 heteroatoms. The summed E-state index contributed by atoms with van der Waals surface area (Å²) < 4.78 is 0. The lowest BCUT2D eigenvalue weighted by molar-refractivity contribution is -0.115. The molecule has 1 aromatic carbocycles. The van der Waals surface area contributed by atoms with Crippen molar-refractivity contribution in [3.05, 3.63) is 46.1 Å². The van der Waals surface area contributed by atoms with E-state index < -0.39 is 5.97 Å².